The van der Waals surface area contributed by atoms with Crippen LogP contribution in [0.2, 0.25) is 0 Å². The average Bonchev–Trinajstić information content (AvgIpc) is 3.20. The van der Waals surface area contributed by atoms with Crippen LogP contribution in [0.4, 0.5) is 5.82 Å². The molecule has 7 heteroatoms. The molecular formula is C20H19N3O3S. The Morgan fingerprint density at radius 3 is 2.67 bits per heavy atom. The number of benzene rings is 2. The maximum absolute atomic E-state index is 13.0. The smallest absolute Gasteiger partial charge is 0.260 e. The normalized spacial score (nSPS) is 15.4. The number of aromatic nitrogens is 2. The number of hydrogen-bond donors (Lipinski definition) is 1. The van der Waals surface area contributed by atoms with Gasteiger partial charge < -0.3 is 10.1 Å². The van der Waals surface area contributed by atoms with Crippen LogP contribution < -0.4 is 10.1 Å². The van der Waals surface area contributed by atoms with Crippen LogP contribution in [0, 0.1) is 0 Å². The summed E-state index contributed by atoms with van der Waals surface area (Å²) < 4.78 is 19.3. The van der Waals surface area contributed by atoms with E-state index in [1.807, 2.05) is 43.3 Å². The summed E-state index contributed by atoms with van der Waals surface area (Å²) in [6.45, 7) is 2.35. The van der Waals surface area contributed by atoms with Gasteiger partial charge in [-0.2, -0.15) is 5.10 Å². The fraction of sp³-hybridized carbons (Fsp3) is 0.200. The van der Waals surface area contributed by atoms with Crippen molar-refractivity contribution in [1.82, 2.24) is 9.78 Å². The molecule has 1 atom stereocenters. The molecule has 3 aromatic rings. The minimum atomic E-state index is -0.982. The molecular weight excluding hydrogens is 362 g/mol. The SMILES string of the molecule is CCOc1ccccc1C(=O)Nc1c2c(nn1-c1ccccc1)C[S@@](=O)C2. The van der Waals surface area contributed by atoms with Gasteiger partial charge in [0.25, 0.3) is 5.91 Å². The molecule has 1 aliphatic rings. The van der Waals surface area contributed by atoms with Crippen molar-refractivity contribution in [3.63, 3.8) is 0 Å². The topological polar surface area (TPSA) is 73.2 Å². The molecule has 0 fully saturated rings. The van der Waals surface area contributed by atoms with Crippen molar-refractivity contribution in [2.24, 2.45) is 0 Å². The summed E-state index contributed by atoms with van der Waals surface area (Å²) in [7, 11) is -0.982. The van der Waals surface area contributed by atoms with E-state index in [4.69, 9.17) is 4.74 Å². The van der Waals surface area contributed by atoms with Gasteiger partial charge in [-0.25, -0.2) is 4.68 Å². The molecule has 1 amide bonds. The maximum atomic E-state index is 13.0. The number of ether oxygens (including phenoxy) is 1. The van der Waals surface area contributed by atoms with Gasteiger partial charge in [0, 0.05) is 16.4 Å². The van der Waals surface area contributed by atoms with Crippen LogP contribution >= 0.6 is 0 Å². The van der Waals surface area contributed by atoms with Crippen molar-refractivity contribution in [3.05, 3.63) is 71.4 Å². The first-order chi connectivity index (χ1) is 13.2. The van der Waals surface area contributed by atoms with E-state index in [0.717, 1.165) is 16.9 Å². The number of nitrogens with one attached hydrogen (secondary N) is 1. The van der Waals surface area contributed by atoms with Crippen LogP contribution in [0.15, 0.2) is 54.6 Å². The first-order valence-corrected chi connectivity index (χ1v) is 10.2. The minimum Gasteiger partial charge on any atom is -0.493 e. The molecule has 0 saturated carbocycles. The fourth-order valence-electron chi connectivity index (χ4n) is 3.12. The van der Waals surface area contributed by atoms with Crippen molar-refractivity contribution >= 4 is 22.5 Å². The van der Waals surface area contributed by atoms with Crippen molar-refractivity contribution in [1.29, 1.82) is 0 Å². The Hall–Kier alpha value is -2.93. The Kier molecular flexibility index (Phi) is 4.77. The Morgan fingerprint density at radius 1 is 1.15 bits per heavy atom. The molecule has 4 rings (SSSR count). The second-order valence-electron chi connectivity index (χ2n) is 6.13. The number of nitrogens with zero attached hydrogens (tertiary/aromatic N) is 2. The minimum absolute atomic E-state index is 0.281. The monoisotopic (exact) mass is 381 g/mol. The number of hydrogen-bond acceptors (Lipinski definition) is 4. The van der Waals surface area contributed by atoms with Crippen molar-refractivity contribution in [3.8, 4) is 11.4 Å². The third-order valence-electron chi connectivity index (χ3n) is 4.33. The molecule has 1 aromatic heterocycles. The van der Waals surface area contributed by atoms with Crippen LogP contribution in [-0.2, 0) is 22.3 Å². The van der Waals surface area contributed by atoms with Gasteiger partial charge in [-0.15, -0.1) is 0 Å². The highest BCUT2D eigenvalue weighted by molar-refractivity contribution is 7.83. The number of fused-ring (bicyclic) bond motifs is 1. The molecule has 0 unspecified atom stereocenters. The Morgan fingerprint density at radius 2 is 1.89 bits per heavy atom. The first-order valence-electron chi connectivity index (χ1n) is 8.71. The largest absolute Gasteiger partial charge is 0.493 e. The summed E-state index contributed by atoms with van der Waals surface area (Å²) in [5, 5.41) is 7.57. The highest BCUT2D eigenvalue weighted by Crippen LogP contribution is 2.32. The molecule has 2 aromatic carbocycles. The molecule has 0 bridgehead atoms. The summed E-state index contributed by atoms with van der Waals surface area (Å²) in [5.41, 5.74) is 2.89. The van der Waals surface area contributed by atoms with Gasteiger partial charge in [-0.3, -0.25) is 9.00 Å². The summed E-state index contributed by atoms with van der Waals surface area (Å²) >= 11 is 0. The Bertz CT molecular complexity index is 1010. The number of rotatable bonds is 5. The Labute approximate surface area is 159 Å². The maximum Gasteiger partial charge on any atom is 0.260 e. The quantitative estimate of drug-likeness (QED) is 0.736. The second kappa shape index (κ2) is 7.36. The van der Waals surface area contributed by atoms with E-state index in [1.54, 1.807) is 22.9 Å². The molecule has 2 heterocycles. The molecule has 0 saturated heterocycles. The van der Waals surface area contributed by atoms with E-state index in [-0.39, 0.29) is 5.91 Å². The predicted octanol–water partition coefficient (Wildman–Crippen LogP) is 3.29. The number of anilines is 1. The summed E-state index contributed by atoms with van der Waals surface area (Å²) in [6, 6.07) is 16.7. The lowest BCUT2D eigenvalue weighted by Crippen LogP contribution is -2.17. The van der Waals surface area contributed by atoms with E-state index >= 15 is 0 Å². The summed E-state index contributed by atoms with van der Waals surface area (Å²) in [5.74, 6) is 1.62. The van der Waals surface area contributed by atoms with Gasteiger partial charge in [-0.05, 0) is 31.2 Å². The van der Waals surface area contributed by atoms with Gasteiger partial charge in [0.15, 0.2) is 0 Å². The first kappa shape index (κ1) is 17.5. The van der Waals surface area contributed by atoms with E-state index in [9.17, 15) is 9.00 Å². The molecule has 0 radical (unpaired) electrons. The van der Waals surface area contributed by atoms with Crippen molar-refractivity contribution in [2.45, 2.75) is 18.4 Å². The molecule has 0 aliphatic carbocycles. The number of carbonyl (C=O) groups is 1. The standard InChI is InChI=1S/C20H19N3O3S/c1-2-26-18-11-7-6-10-15(18)20(24)21-19-16-12-27(25)13-17(16)22-23(19)14-8-4-3-5-9-14/h3-11H,2,12-13H2,1H3,(H,21,24)/t27-/m0/s1. The highest BCUT2D eigenvalue weighted by atomic mass is 32.2. The molecule has 6 nitrogen and oxygen atoms in total. The lowest BCUT2D eigenvalue weighted by molar-refractivity contribution is 0.102. The van der Waals surface area contributed by atoms with Crippen molar-refractivity contribution in [2.75, 3.05) is 11.9 Å². The highest BCUT2D eigenvalue weighted by Gasteiger charge is 2.28. The predicted molar refractivity (Wildman–Crippen MR) is 105 cm³/mol. The second-order valence-corrected chi connectivity index (χ2v) is 7.59. The molecule has 27 heavy (non-hydrogen) atoms. The molecule has 0 spiro atoms. The van der Waals surface area contributed by atoms with E-state index in [0.29, 0.717) is 35.2 Å². The summed E-state index contributed by atoms with van der Waals surface area (Å²) in [6.07, 6.45) is 0. The number of para-hydroxylation sites is 2. The lowest BCUT2D eigenvalue weighted by Gasteiger charge is -2.13. The third kappa shape index (κ3) is 3.38. The zero-order valence-electron chi connectivity index (χ0n) is 14.8. The summed E-state index contributed by atoms with van der Waals surface area (Å²) in [4.78, 5) is 13.0. The lowest BCUT2D eigenvalue weighted by atomic mass is 10.2. The molecule has 1 N–H and O–H groups in total. The van der Waals surface area contributed by atoms with Crippen LogP contribution in [0.5, 0.6) is 5.75 Å². The van der Waals surface area contributed by atoms with Gasteiger partial charge in [0.05, 0.1) is 35.1 Å². The Balaban J connectivity index is 1.74. The fourth-order valence-corrected chi connectivity index (χ4v) is 4.39. The van der Waals surface area contributed by atoms with E-state index < -0.39 is 10.8 Å². The van der Waals surface area contributed by atoms with Crippen LogP contribution in [0.1, 0.15) is 28.5 Å². The van der Waals surface area contributed by atoms with Crippen LogP contribution in [0.25, 0.3) is 5.69 Å². The number of carbonyl (C=O) groups excluding carboxylic acids is 1. The van der Waals surface area contributed by atoms with Gasteiger partial charge in [-0.1, -0.05) is 30.3 Å². The molecule has 1 aliphatic heterocycles. The van der Waals surface area contributed by atoms with E-state index in [1.165, 1.54) is 0 Å². The number of amides is 1. The van der Waals surface area contributed by atoms with Gasteiger partial charge in [0.1, 0.15) is 11.6 Å². The van der Waals surface area contributed by atoms with Gasteiger partial charge >= 0.3 is 0 Å². The van der Waals surface area contributed by atoms with Crippen LogP contribution in [-0.4, -0.2) is 26.5 Å². The average molecular weight is 381 g/mol. The zero-order valence-corrected chi connectivity index (χ0v) is 15.7. The third-order valence-corrected chi connectivity index (χ3v) is 5.54. The van der Waals surface area contributed by atoms with E-state index in [2.05, 4.69) is 10.4 Å². The molecule has 138 valence electrons. The van der Waals surface area contributed by atoms with Crippen LogP contribution in [0.3, 0.4) is 0 Å². The van der Waals surface area contributed by atoms with Gasteiger partial charge in [0.2, 0.25) is 0 Å². The zero-order chi connectivity index (χ0) is 18.8. The van der Waals surface area contributed by atoms with Crippen molar-refractivity contribution < 1.29 is 13.7 Å².